The molecular formula is C22H51NO3Si2. The monoisotopic (exact) mass is 433 g/mol. The van der Waals surface area contributed by atoms with Gasteiger partial charge in [0.05, 0.1) is 0 Å². The predicted octanol–water partition coefficient (Wildman–Crippen LogP) is 6.70. The van der Waals surface area contributed by atoms with Crippen LogP contribution in [0.5, 0.6) is 0 Å². The number of hydrogen-bond acceptors (Lipinski definition) is 4. The first-order chi connectivity index (χ1) is 13.2. The summed E-state index contributed by atoms with van der Waals surface area (Å²) in [6.45, 7) is 27.6. The highest BCUT2D eigenvalue weighted by Crippen LogP contribution is 2.44. The highest BCUT2D eigenvalue weighted by Gasteiger charge is 2.48. The summed E-state index contributed by atoms with van der Waals surface area (Å²) in [7, 11) is -4.17. The molecule has 0 amide bonds. The van der Waals surface area contributed by atoms with E-state index in [9.17, 15) is 0 Å². The molecule has 28 heavy (non-hydrogen) atoms. The molecule has 0 atom stereocenters. The molecule has 0 aromatic heterocycles. The second-order valence-corrected chi connectivity index (χ2v) is 17.4. The summed E-state index contributed by atoms with van der Waals surface area (Å²) in [5.41, 5.74) is 2.24. The van der Waals surface area contributed by atoms with Crippen LogP contribution in [0.15, 0.2) is 0 Å². The maximum absolute atomic E-state index is 6.09. The van der Waals surface area contributed by atoms with Gasteiger partial charge in [-0.3, -0.25) is 0 Å². The van der Waals surface area contributed by atoms with E-state index < -0.39 is 17.0 Å². The third-order valence-electron chi connectivity index (χ3n) is 6.11. The number of hydrogen-bond donors (Lipinski definition) is 0. The molecule has 0 aromatic carbocycles. The van der Waals surface area contributed by atoms with Gasteiger partial charge in [0.2, 0.25) is 0 Å². The minimum absolute atomic E-state index is 0.661. The van der Waals surface area contributed by atoms with E-state index in [2.05, 4.69) is 53.0 Å². The molecular weight excluding hydrogens is 382 g/mol. The summed E-state index contributed by atoms with van der Waals surface area (Å²) in [5, 5.41) is 0. The van der Waals surface area contributed by atoms with Gasteiger partial charge in [-0.25, -0.2) is 0 Å². The fraction of sp³-hybridized carbons (Fsp3) is 1.00. The number of rotatable bonds is 17. The molecule has 4 nitrogen and oxygen atoms in total. The molecule has 0 aliphatic heterocycles. The van der Waals surface area contributed by atoms with Crippen LogP contribution in [0.4, 0.5) is 0 Å². The molecule has 0 heterocycles. The van der Waals surface area contributed by atoms with Gasteiger partial charge in [-0.05, 0) is 63.3 Å². The third-order valence-corrected chi connectivity index (χ3v) is 16.4. The van der Waals surface area contributed by atoms with Crippen molar-refractivity contribution in [1.82, 2.24) is 4.57 Å². The lowest BCUT2D eigenvalue weighted by Gasteiger charge is -2.51. The minimum atomic E-state index is -2.55. The smallest absolute Gasteiger partial charge is 0.374 e. The molecule has 0 spiro atoms. The van der Waals surface area contributed by atoms with Gasteiger partial charge in [-0.1, -0.05) is 54.9 Å². The Bertz CT molecular complexity index is 353. The van der Waals surface area contributed by atoms with Crippen molar-refractivity contribution in [3.8, 4) is 0 Å². The van der Waals surface area contributed by atoms with Gasteiger partial charge in [0, 0.05) is 25.9 Å². The first kappa shape index (κ1) is 28.3. The lowest BCUT2D eigenvalue weighted by molar-refractivity contribution is 0.0703. The van der Waals surface area contributed by atoms with Crippen molar-refractivity contribution in [2.45, 2.75) is 111 Å². The molecule has 0 aliphatic carbocycles. The average Bonchev–Trinajstić information content (AvgIpc) is 2.59. The Hall–Kier alpha value is 0.274. The van der Waals surface area contributed by atoms with Gasteiger partial charge >= 0.3 is 8.80 Å². The predicted molar refractivity (Wildman–Crippen MR) is 128 cm³/mol. The second-order valence-electron chi connectivity index (χ2n) is 8.78. The number of nitrogens with zero attached hydrogens (tertiary/aromatic N) is 1. The van der Waals surface area contributed by atoms with E-state index in [0.29, 0.717) is 19.8 Å². The van der Waals surface area contributed by atoms with Crippen molar-refractivity contribution in [1.29, 1.82) is 0 Å². The average molecular weight is 434 g/mol. The zero-order valence-electron chi connectivity index (χ0n) is 20.8. The lowest BCUT2D eigenvalue weighted by atomic mass is 10.3. The quantitative estimate of drug-likeness (QED) is 0.239. The lowest BCUT2D eigenvalue weighted by Crippen LogP contribution is -2.60. The highest BCUT2D eigenvalue weighted by atomic mass is 28.4. The summed E-state index contributed by atoms with van der Waals surface area (Å²) in [5.74, 6) is 0. The molecule has 0 rings (SSSR count). The fourth-order valence-corrected chi connectivity index (χ4v) is 15.3. The summed E-state index contributed by atoms with van der Waals surface area (Å²) in [4.78, 5) is 0. The molecule has 0 N–H and O–H groups in total. The second kappa shape index (κ2) is 14.3. The van der Waals surface area contributed by atoms with Gasteiger partial charge in [-0.2, -0.15) is 0 Å². The Kier molecular flexibility index (Phi) is 14.4. The van der Waals surface area contributed by atoms with E-state index in [1.165, 1.54) is 19.4 Å². The van der Waals surface area contributed by atoms with Crippen LogP contribution in [0.2, 0.25) is 22.7 Å². The maximum Gasteiger partial charge on any atom is 0.500 e. The Morgan fingerprint density at radius 1 is 0.643 bits per heavy atom. The third kappa shape index (κ3) is 7.51. The Balaban J connectivity index is 5.51. The molecule has 0 bridgehead atoms. The largest absolute Gasteiger partial charge is 0.500 e. The van der Waals surface area contributed by atoms with E-state index >= 15 is 0 Å². The van der Waals surface area contributed by atoms with Crippen LogP contribution in [0.25, 0.3) is 0 Å². The van der Waals surface area contributed by atoms with Crippen LogP contribution >= 0.6 is 0 Å². The maximum atomic E-state index is 6.09. The van der Waals surface area contributed by atoms with Gasteiger partial charge in [0.15, 0.2) is 0 Å². The molecule has 0 radical (unpaired) electrons. The molecule has 0 saturated heterocycles. The summed E-state index contributed by atoms with van der Waals surface area (Å²) < 4.78 is 21.2. The van der Waals surface area contributed by atoms with Crippen LogP contribution in [0, 0.1) is 0 Å². The topological polar surface area (TPSA) is 30.9 Å². The van der Waals surface area contributed by atoms with Crippen molar-refractivity contribution in [3.63, 3.8) is 0 Å². The molecule has 0 fully saturated rings. The van der Waals surface area contributed by atoms with Gasteiger partial charge in [0.25, 0.3) is 0 Å². The van der Waals surface area contributed by atoms with Crippen LogP contribution in [0.1, 0.15) is 88.5 Å². The Morgan fingerprint density at radius 3 is 1.36 bits per heavy atom. The Labute approximate surface area is 179 Å². The Morgan fingerprint density at radius 2 is 1.04 bits per heavy atom. The van der Waals surface area contributed by atoms with Crippen molar-refractivity contribution in [2.24, 2.45) is 0 Å². The highest BCUT2D eigenvalue weighted by molar-refractivity contribution is 6.81. The first-order valence-electron chi connectivity index (χ1n) is 11.8. The van der Waals surface area contributed by atoms with Crippen LogP contribution < -0.4 is 0 Å². The fourth-order valence-electron chi connectivity index (χ4n) is 5.43. The summed E-state index contributed by atoms with van der Waals surface area (Å²) in [6.07, 6.45) is 3.63. The van der Waals surface area contributed by atoms with E-state index in [0.717, 1.165) is 35.6 Å². The van der Waals surface area contributed by atoms with Gasteiger partial charge in [-0.15, -0.1) is 0 Å². The minimum Gasteiger partial charge on any atom is -0.374 e. The van der Waals surface area contributed by atoms with E-state index in [-0.39, 0.29) is 0 Å². The number of unbranched alkanes of at least 4 members (excludes halogenated alkanes) is 1. The van der Waals surface area contributed by atoms with Crippen LogP contribution in [0.3, 0.4) is 0 Å². The SMILES string of the molecule is CCCCN(CCC[Si](OCC)(OCC)OCC)[Si](C(C)C)(C(C)C)C(C)C. The summed E-state index contributed by atoms with van der Waals surface area (Å²) >= 11 is 0. The zero-order chi connectivity index (χ0) is 21.8. The van der Waals surface area contributed by atoms with Gasteiger partial charge < -0.3 is 17.8 Å². The van der Waals surface area contributed by atoms with Crippen molar-refractivity contribution in [2.75, 3.05) is 32.9 Å². The summed E-state index contributed by atoms with van der Waals surface area (Å²) in [6, 6.07) is 0.921. The van der Waals surface area contributed by atoms with E-state index in [1.807, 2.05) is 20.8 Å². The van der Waals surface area contributed by atoms with E-state index in [1.54, 1.807) is 0 Å². The van der Waals surface area contributed by atoms with Crippen LogP contribution in [-0.4, -0.2) is 54.5 Å². The van der Waals surface area contributed by atoms with E-state index in [4.69, 9.17) is 13.3 Å². The van der Waals surface area contributed by atoms with Crippen molar-refractivity contribution in [3.05, 3.63) is 0 Å². The van der Waals surface area contributed by atoms with Crippen molar-refractivity contribution >= 4 is 17.0 Å². The molecule has 6 heteroatoms. The molecule has 0 saturated carbocycles. The van der Waals surface area contributed by atoms with Crippen molar-refractivity contribution < 1.29 is 13.3 Å². The molecule has 170 valence electrons. The standard InChI is InChI=1S/C22H51NO3Si2/c1-11-15-17-23(28(20(5)6,21(7)8)22(9)10)18-16-19-27(24-12-2,25-13-3)26-14-4/h20-22H,11-19H2,1-10H3. The molecule has 0 unspecified atom stereocenters. The van der Waals surface area contributed by atoms with Gasteiger partial charge in [0.1, 0.15) is 8.24 Å². The normalized spacial score (nSPS) is 13.5. The zero-order valence-corrected chi connectivity index (χ0v) is 22.8. The first-order valence-corrected chi connectivity index (χ1v) is 16.0. The van der Waals surface area contributed by atoms with Crippen LogP contribution in [-0.2, 0) is 13.3 Å². The molecule has 0 aromatic rings. The molecule has 0 aliphatic rings.